The molecule has 8 nitrogen and oxygen atoms in total. The number of ether oxygens (including phenoxy) is 1. The zero-order valence-corrected chi connectivity index (χ0v) is 19.1. The van der Waals surface area contributed by atoms with E-state index >= 15 is 0 Å². The van der Waals surface area contributed by atoms with Crippen molar-refractivity contribution < 1.29 is 31.9 Å². The van der Waals surface area contributed by atoms with Gasteiger partial charge in [0.25, 0.3) is 5.91 Å². The summed E-state index contributed by atoms with van der Waals surface area (Å²) in [6.07, 6.45) is -1.16. The molecule has 32 heavy (non-hydrogen) atoms. The maximum atomic E-state index is 13.3. The first-order valence-corrected chi connectivity index (χ1v) is 11.1. The predicted octanol–water partition coefficient (Wildman–Crippen LogP) is 2.24. The summed E-state index contributed by atoms with van der Waals surface area (Å²) in [7, 11) is -1.31. The molecule has 1 amide bonds. The summed E-state index contributed by atoms with van der Waals surface area (Å²) in [5.74, 6) is -2.06. The summed E-state index contributed by atoms with van der Waals surface area (Å²) >= 11 is 0. The Morgan fingerprint density at radius 1 is 1.06 bits per heavy atom. The van der Waals surface area contributed by atoms with Gasteiger partial charge in [0.2, 0.25) is 10.0 Å². The van der Waals surface area contributed by atoms with Crippen molar-refractivity contribution in [2.75, 3.05) is 20.6 Å². The van der Waals surface area contributed by atoms with E-state index in [4.69, 9.17) is 4.74 Å². The molecule has 0 fully saturated rings. The van der Waals surface area contributed by atoms with Crippen molar-refractivity contribution in [1.82, 2.24) is 9.21 Å². The first kappa shape index (κ1) is 25.2. The van der Waals surface area contributed by atoms with E-state index in [0.29, 0.717) is 11.1 Å². The number of halogens is 1. The highest BCUT2D eigenvalue weighted by Gasteiger charge is 2.27. The van der Waals surface area contributed by atoms with Crippen LogP contribution in [0, 0.1) is 5.82 Å². The lowest BCUT2D eigenvalue weighted by Crippen LogP contribution is -2.40. The van der Waals surface area contributed by atoms with Crippen molar-refractivity contribution in [1.29, 1.82) is 0 Å². The number of hydrogen-bond acceptors (Lipinski definition) is 6. The molecule has 1 atom stereocenters. The summed E-state index contributed by atoms with van der Waals surface area (Å²) in [5, 5.41) is 0. The number of likely N-dealkylation sites (N-methyl/N-ethyl adjacent to an activating group) is 2. The van der Waals surface area contributed by atoms with Crippen LogP contribution in [0.25, 0.3) is 0 Å². The van der Waals surface area contributed by atoms with Gasteiger partial charge >= 0.3 is 5.97 Å². The molecule has 0 spiro atoms. The molecule has 0 bridgehead atoms. The number of carbonyl (C=O) groups excluding carboxylic acids is 3. The van der Waals surface area contributed by atoms with Gasteiger partial charge in [-0.15, -0.1) is 0 Å². The molecule has 0 heterocycles. The van der Waals surface area contributed by atoms with Gasteiger partial charge in [-0.3, -0.25) is 14.4 Å². The smallest absolute Gasteiger partial charge is 0.322 e. The zero-order chi connectivity index (χ0) is 24.1. The van der Waals surface area contributed by atoms with Gasteiger partial charge in [-0.05, 0) is 43.7 Å². The minimum Gasteiger partial charge on any atom is -0.452 e. The fourth-order valence-corrected chi connectivity index (χ4v) is 4.01. The first-order valence-electron chi connectivity index (χ1n) is 9.68. The van der Waals surface area contributed by atoms with E-state index in [9.17, 15) is 27.2 Å². The largest absolute Gasteiger partial charge is 0.452 e. The summed E-state index contributed by atoms with van der Waals surface area (Å²) in [6.45, 7) is 2.24. The van der Waals surface area contributed by atoms with Gasteiger partial charge in [0, 0.05) is 26.2 Å². The number of nitrogens with zero attached hydrogens (tertiary/aromatic N) is 2. The lowest BCUT2D eigenvalue weighted by atomic mass is 10.2. The second kappa shape index (κ2) is 10.5. The van der Waals surface area contributed by atoms with E-state index < -0.39 is 40.4 Å². The number of hydrogen-bond donors (Lipinski definition) is 0. The average Bonchev–Trinajstić information content (AvgIpc) is 2.72. The van der Waals surface area contributed by atoms with Gasteiger partial charge < -0.3 is 9.64 Å². The predicted molar refractivity (Wildman–Crippen MR) is 115 cm³/mol. The quantitative estimate of drug-likeness (QED) is 0.417. The molecule has 0 aliphatic carbocycles. The molecule has 10 heteroatoms. The molecule has 0 aromatic heterocycles. The van der Waals surface area contributed by atoms with Crippen LogP contribution in [-0.4, -0.2) is 62.0 Å². The SMILES string of the molecule is CC(=O)c1ccc(S(=O)(=O)N(C)CC(=O)OC(C)C(=O)N(C)Cc2cccc(F)c2)cc1. The van der Waals surface area contributed by atoms with Gasteiger partial charge in [0.15, 0.2) is 11.9 Å². The molecular formula is C22H25FN2O6S. The van der Waals surface area contributed by atoms with Crippen molar-refractivity contribution in [3.63, 3.8) is 0 Å². The van der Waals surface area contributed by atoms with Crippen molar-refractivity contribution in [3.8, 4) is 0 Å². The van der Waals surface area contributed by atoms with E-state index in [-0.39, 0.29) is 17.2 Å². The third-order valence-corrected chi connectivity index (χ3v) is 6.48. The standard InChI is InChI=1S/C22H25FN2O6S/c1-15(26)18-8-10-20(11-9-18)32(29,30)25(4)14-21(27)31-16(2)22(28)24(3)13-17-6-5-7-19(23)12-17/h5-12,16H,13-14H2,1-4H3. The lowest BCUT2D eigenvalue weighted by Gasteiger charge is -2.22. The Labute approximate surface area is 186 Å². The van der Waals surface area contributed by atoms with Crippen LogP contribution in [0.4, 0.5) is 4.39 Å². The summed E-state index contributed by atoms with van der Waals surface area (Å²) < 4.78 is 44.5. The fraction of sp³-hybridized carbons (Fsp3) is 0.318. The number of sulfonamides is 1. The van der Waals surface area contributed by atoms with Gasteiger partial charge in [0.1, 0.15) is 12.4 Å². The van der Waals surface area contributed by atoms with Crippen LogP contribution < -0.4 is 0 Å². The molecule has 172 valence electrons. The van der Waals surface area contributed by atoms with Crippen molar-refractivity contribution in [2.45, 2.75) is 31.4 Å². The number of benzene rings is 2. The Kier molecular flexibility index (Phi) is 8.23. The topological polar surface area (TPSA) is 101 Å². The van der Waals surface area contributed by atoms with Gasteiger partial charge in [-0.1, -0.05) is 24.3 Å². The Bertz CT molecular complexity index is 1100. The van der Waals surface area contributed by atoms with Gasteiger partial charge in [-0.25, -0.2) is 12.8 Å². The molecule has 1 unspecified atom stereocenters. The molecule has 0 N–H and O–H groups in total. The molecule has 2 aromatic carbocycles. The first-order chi connectivity index (χ1) is 14.9. The fourth-order valence-electron chi connectivity index (χ4n) is 2.89. The minimum absolute atomic E-state index is 0.0863. The molecule has 0 aliphatic heterocycles. The highest BCUT2D eigenvalue weighted by molar-refractivity contribution is 7.89. The summed E-state index contributed by atoms with van der Waals surface area (Å²) in [6, 6.07) is 11.1. The van der Waals surface area contributed by atoms with Crippen LogP contribution in [0.5, 0.6) is 0 Å². The second-order valence-corrected chi connectivity index (χ2v) is 9.34. The highest BCUT2D eigenvalue weighted by Crippen LogP contribution is 2.16. The van der Waals surface area contributed by atoms with Crippen molar-refractivity contribution in [3.05, 3.63) is 65.5 Å². The van der Waals surface area contributed by atoms with Gasteiger partial charge in [-0.2, -0.15) is 4.31 Å². The number of carbonyl (C=O) groups is 3. The maximum Gasteiger partial charge on any atom is 0.322 e. The summed E-state index contributed by atoms with van der Waals surface area (Å²) in [5.41, 5.74) is 0.932. The zero-order valence-electron chi connectivity index (χ0n) is 18.2. The van der Waals surface area contributed by atoms with E-state index in [1.165, 1.54) is 75.3 Å². The van der Waals surface area contributed by atoms with Gasteiger partial charge in [0.05, 0.1) is 4.90 Å². The molecule has 2 rings (SSSR count). The highest BCUT2D eigenvalue weighted by atomic mass is 32.2. The number of rotatable bonds is 9. The third-order valence-electron chi connectivity index (χ3n) is 4.66. The number of amides is 1. The van der Waals surface area contributed by atoms with Crippen LogP contribution in [0.2, 0.25) is 0 Å². The monoisotopic (exact) mass is 464 g/mol. The Balaban J connectivity index is 1.96. The molecular weight excluding hydrogens is 439 g/mol. The van der Waals surface area contributed by atoms with Crippen LogP contribution in [0.1, 0.15) is 29.8 Å². The second-order valence-electron chi connectivity index (χ2n) is 7.30. The Morgan fingerprint density at radius 2 is 1.69 bits per heavy atom. The number of esters is 1. The van der Waals surface area contributed by atoms with Crippen molar-refractivity contribution >= 4 is 27.7 Å². The molecule has 0 saturated carbocycles. The van der Waals surface area contributed by atoms with E-state index in [1.807, 2.05) is 0 Å². The average molecular weight is 465 g/mol. The summed E-state index contributed by atoms with van der Waals surface area (Å²) in [4.78, 5) is 37.2. The third kappa shape index (κ3) is 6.44. The Morgan fingerprint density at radius 3 is 2.25 bits per heavy atom. The van der Waals surface area contributed by atoms with Crippen LogP contribution in [0.15, 0.2) is 53.4 Å². The van der Waals surface area contributed by atoms with Crippen LogP contribution in [0.3, 0.4) is 0 Å². The van der Waals surface area contributed by atoms with E-state index in [0.717, 1.165) is 4.31 Å². The molecule has 0 radical (unpaired) electrons. The van der Waals surface area contributed by atoms with Crippen LogP contribution in [-0.2, 0) is 30.9 Å². The normalized spacial score (nSPS) is 12.3. The lowest BCUT2D eigenvalue weighted by molar-refractivity contribution is -0.158. The molecule has 2 aromatic rings. The van der Waals surface area contributed by atoms with E-state index in [2.05, 4.69) is 0 Å². The van der Waals surface area contributed by atoms with E-state index in [1.54, 1.807) is 6.07 Å². The number of ketones is 1. The maximum absolute atomic E-state index is 13.3. The minimum atomic E-state index is -4.00. The molecule has 0 saturated heterocycles. The molecule has 0 aliphatic rings. The van der Waals surface area contributed by atoms with Crippen molar-refractivity contribution in [2.24, 2.45) is 0 Å². The number of Topliss-reactive ketones (excluding diaryl/α,β-unsaturated/α-hetero) is 1. The van der Waals surface area contributed by atoms with Crippen LogP contribution >= 0.6 is 0 Å². The Hall–Kier alpha value is -3.11.